The van der Waals surface area contributed by atoms with E-state index in [0.717, 1.165) is 0 Å². The maximum absolute atomic E-state index is 11.5. The summed E-state index contributed by atoms with van der Waals surface area (Å²) in [6.45, 7) is 0. The van der Waals surface area contributed by atoms with Crippen LogP contribution in [-0.2, 0) is 30.4 Å². The minimum atomic E-state index is -5.37. The van der Waals surface area contributed by atoms with E-state index in [1.165, 1.54) is 0 Å². The van der Waals surface area contributed by atoms with Gasteiger partial charge in [0, 0.05) is 5.39 Å². The summed E-state index contributed by atoms with van der Waals surface area (Å²) in [5.41, 5.74) is -1.61. The molecule has 0 radical (unpaired) electrons. The number of nitrogens with zero attached hydrogens (tertiary/aromatic N) is 1. The van der Waals surface area contributed by atoms with E-state index in [1.54, 1.807) is 0 Å². The number of nitro benzene ring substituents is 1. The highest BCUT2D eigenvalue weighted by atomic mass is 32.2. The standard InChI is InChI=1S/C10H7NO11S3/c12-11(13)9-8(24(17,18)19)4-5-3-6(23(14,15)16)1-2-7(5)10(9)25(20,21)22/h1-4H,(H,14,15,16)(H,17,18,19)(H,20,21,22). The van der Waals surface area contributed by atoms with Crippen molar-refractivity contribution in [2.75, 3.05) is 0 Å². The van der Waals surface area contributed by atoms with Crippen LogP contribution in [0.1, 0.15) is 0 Å². The molecule has 0 spiro atoms. The van der Waals surface area contributed by atoms with E-state index in [2.05, 4.69) is 0 Å². The molecule has 25 heavy (non-hydrogen) atoms. The molecule has 3 N–H and O–H groups in total. The first-order chi connectivity index (χ1) is 11.1. The molecule has 0 heterocycles. The first kappa shape index (κ1) is 19.2. The molecule has 12 nitrogen and oxygen atoms in total. The second-order valence-corrected chi connectivity index (χ2v) is 8.79. The molecule has 0 atom stereocenters. The molecule has 0 amide bonds. The van der Waals surface area contributed by atoms with Crippen LogP contribution in [0.2, 0.25) is 0 Å². The normalized spacial score (nSPS) is 13.1. The van der Waals surface area contributed by atoms with Gasteiger partial charge in [0.05, 0.1) is 9.82 Å². The number of fused-ring (bicyclic) bond motifs is 1. The Morgan fingerprint density at radius 3 is 1.80 bits per heavy atom. The first-order valence-electron chi connectivity index (χ1n) is 5.81. The van der Waals surface area contributed by atoms with Crippen molar-refractivity contribution < 1.29 is 43.8 Å². The zero-order chi connectivity index (χ0) is 19.4. The topological polar surface area (TPSA) is 206 Å². The Labute approximate surface area is 140 Å². The summed E-state index contributed by atoms with van der Waals surface area (Å²) in [6.07, 6.45) is 0. The SMILES string of the molecule is O=[N+]([O-])c1c(S(=O)(=O)O)cc2cc(S(=O)(=O)O)ccc2c1S(=O)(=O)O. The van der Waals surface area contributed by atoms with Crippen molar-refractivity contribution in [2.24, 2.45) is 0 Å². The summed E-state index contributed by atoms with van der Waals surface area (Å²) in [5.74, 6) is 0. The third-order valence-electron chi connectivity index (χ3n) is 3.02. The first-order valence-corrected chi connectivity index (χ1v) is 10.1. The van der Waals surface area contributed by atoms with Gasteiger partial charge in [0.15, 0.2) is 9.79 Å². The molecular formula is C10H7NO11S3. The van der Waals surface area contributed by atoms with Gasteiger partial charge in [-0.25, -0.2) is 0 Å². The van der Waals surface area contributed by atoms with Crippen LogP contribution in [0.3, 0.4) is 0 Å². The van der Waals surface area contributed by atoms with Gasteiger partial charge in [-0.2, -0.15) is 25.3 Å². The van der Waals surface area contributed by atoms with Crippen molar-refractivity contribution in [3.63, 3.8) is 0 Å². The van der Waals surface area contributed by atoms with Crippen molar-refractivity contribution in [3.8, 4) is 0 Å². The van der Waals surface area contributed by atoms with Gasteiger partial charge in [-0.3, -0.25) is 23.8 Å². The van der Waals surface area contributed by atoms with Crippen molar-refractivity contribution in [1.82, 2.24) is 0 Å². The third-order valence-corrected chi connectivity index (χ3v) is 5.66. The van der Waals surface area contributed by atoms with Gasteiger partial charge in [-0.15, -0.1) is 0 Å². The second-order valence-electron chi connectivity index (χ2n) is 4.62. The summed E-state index contributed by atoms with van der Waals surface area (Å²) in [4.78, 5) is 5.97. The van der Waals surface area contributed by atoms with Gasteiger partial charge in [0.1, 0.15) is 0 Å². The summed E-state index contributed by atoms with van der Waals surface area (Å²) in [5, 5.41) is 9.99. The number of nitro groups is 1. The predicted molar refractivity (Wildman–Crippen MR) is 80.0 cm³/mol. The van der Waals surface area contributed by atoms with E-state index < -0.39 is 66.4 Å². The Kier molecular flexibility index (Phi) is 4.35. The van der Waals surface area contributed by atoms with E-state index in [1.807, 2.05) is 0 Å². The van der Waals surface area contributed by atoms with Crippen LogP contribution < -0.4 is 0 Å². The highest BCUT2D eigenvalue weighted by molar-refractivity contribution is 7.87. The zero-order valence-corrected chi connectivity index (χ0v) is 14.0. The van der Waals surface area contributed by atoms with Gasteiger partial charge in [0.2, 0.25) is 0 Å². The largest absolute Gasteiger partial charge is 0.312 e. The zero-order valence-electron chi connectivity index (χ0n) is 11.6. The molecule has 0 unspecified atom stereocenters. The highest BCUT2D eigenvalue weighted by Crippen LogP contribution is 2.38. The van der Waals surface area contributed by atoms with Gasteiger partial charge < -0.3 is 0 Å². The van der Waals surface area contributed by atoms with Crippen LogP contribution in [0.4, 0.5) is 5.69 Å². The Morgan fingerprint density at radius 1 is 0.840 bits per heavy atom. The van der Waals surface area contributed by atoms with Crippen LogP contribution in [0.15, 0.2) is 39.0 Å². The fourth-order valence-corrected chi connectivity index (χ4v) is 4.28. The number of hydrogen-bond donors (Lipinski definition) is 3. The van der Waals surface area contributed by atoms with Gasteiger partial charge in [-0.05, 0) is 23.6 Å². The average molecular weight is 413 g/mol. The lowest BCUT2D eigenvalue weighted by atomic mass is 10.1. The minimum Gasteiger partial charge on any atom is -0.282 e. The molecule has 2 rings (SSSR count). The number of hydrogen-bond acceptors (Lipinski definition) is 8. The van der Waals surface area contributed by atoms with Crippen LogP contribution in [-0.4, -0.2) is 43.8 Å². The van der Waals surface area contributed by atoms with Crippen molar-refractivity contribution >= 4 is 46.8 Å². The van der Waals surface area contributed by atoms with Crippen LogP contribution in [0.25, 0.3) is 10.8 Å². The molecule has 0 aliphatic carbocycles. The van der Waals surface area contributed by atoms with E-state index in [0.29, 0.717) is 24.3 Å². The van der Waals surface area contributed by atoms with E-state index >= 15 is 0 Å². The number of benzene rings is 2. The van der Waals surface area contributed by atoms with Crippen molar-refractivity contribution in [1.29, 1.82) is 0 Å². The lowest BCUT2D eigenvalue weighted by molar-refractivity contribution is -0.390. The van der Waals surface area contributed by atoms with E-state index in [9.17, 15) is 39.9 Å². The van der Waals surface area contributed by atoms with E-state index in [4.69, 9.17) is 9.11 Å². The summed E-state index contributed by atoms with van der Waals surface area (Å²) in [7, 11) is -15.5. The van der Waals surface area contributed by atoms with Gasteiger partial charge in [0.25, 0.3) is 10.1 Å². The lowest BCUT2D eigenvalue weighted by Gasteiger charge is -2.09. The van der Waals surface area contributed by atoms with Crippen molar-refractivity contribution in [3.05, 3.63) is 34.4 Å². The minimum absolute atomic E-state index is 0.437. The number of rotatable bonds is 4. The molecule has 0 bridgehead atoms. The highest BCUT2D eigenvalue weighted by Gasteiger charge is 2.36. The fourth-order valence-electron chi connectivity index (χ4n) is 2.11. The summed E-state index contributed by atoms with van der Waals surface area (Å²) < 4.78 is 95.4. The smallest absolute Gasteiger partial charge is 0.282 e. The van der Waals surface area contributed by atoms with E-state index in [-0.39, 0.29) is 0 Å². The fraction of sp³-hybridized carbons (Fsp3) is 0. The second kappa shape index (κ2) is 5.68. The average Bonchev–Trinajstić information content (AvgIpc) is 2.41. The summed E-state index contributed by atoms with van der Waals surface area (Å²) >= 11 is 0. The molecular weight excluding hydrogens is 406 g/mol. The molecule has 0 aliphatic rings. The molecule has 2 aromatic rings. The quantitative estimate of drug-likeness (QED) is 0.357. The maximum atomic E-state index is 11.5. The Hall–Kier alpha value is -2.17. The Bertz CT molecular complexity index is 1230. The monoisotopic (exact) mass is 413 g/mol. The van der Waals surface area contributed by atoms with Crippen LogP contribution >= 0.6 is 0 Å². The molecule has 0 aliphatic heterocycles. The summed E-state index contributed by atoms with van der Waals surface area (Å²) in [6, 6.07) is 2.44. The maximum Gasteiger partial charge on any atom is 0.312 e. The Morgan fingerprint density at radius 2 is 1.40 bits per heavy atom. The lowest BCUT2D eigenvalue weighted by Crippen LogP contribution is -2.11. The van der Waals surface area contributed by atoms with Gasteiger partial charge >= 0.3 is 25.9 Å². The third kappa shape index (κ3) is 3.60. The molecule has 0 saturated heterocycles. The van der Waals surface area contributed by atoms with Gasteiger partial charge in [-0.1, -0.05) is 6.07 Å². The molecule has 0 saturated carbocycles. The van der Waals surface area contributed by atoms with Crippen LogP contribution in [0, 0.1) is 10.1 Å². The predicted octanol–water partition coefficient (Wildman–Crippen LogP) is 0.488. The van der Waals surface area contributed by atoms with Crippen molar-refractivity contribution in [2.45, 2.75) is 14.7 Å². The molecule has 0 aromatic heterocycles. The molecule has 0 fully saturated rings. The molecule has 136 valence electrons. The molecule has 2 aromatic carbocycles. The Balaban J connectivity index is 3.23. The van der Waals surface area contributed by atoms with Crippen LogP contribution in [0.5, 0.6) is 0 Å². The molecule has 15 heteroatoms.